The lowest BCUT2D eigenvalue weighted by molar-refractivity contribution is 0.175. The minimum Gasteiger partial charge on any atom is -0.377 e. The van der Waals surface area contributed by atoms with Crippen LogP contribution in [0.2, 0.25) is 0 Å². The Bertz CT molecular complexity index is 762. The van der Waals surface area contributed by atoms with Gasteiger partial charge in [0.15, 0.2) is 5.82 Å². The van der Waals surface area contributed by atoms with Crippen LogP contribution in [0.25, 0.3) is 11.0 Å². The summed E-state index contributed by atoms with van der Waals surface area (Å²) in [6.07, 6.45) is 0.977. The second-order valence-electron chi connectivity index (χ2n) is 5.39. The molecule has 0 saturated heterocycles. The van der Waals surface area contributed by atoms with Crippen molar-refractivity contribution in [3.63, 3.8) is 0 Å². The molecule has 0 N–H and O–H groups in total. The summed E-state index contributed by atoms with van der Waals surface area (Å²) >= 11 is 0. The van der Waals surface area contributed by atoms with E-state index < -0.39 is 0 Å². The zero-order chi connectivity index (χ0) is 15.5. The molecular formula is C16H20N4O2. The predicted octanol–water partition coefficient (Wildman–Crippen LogP) is 3.13. The van der Waals surface area contributed by atoms with E-state index in [9.17, 15) is 0 Å². The highest BCUT2D eigenvalue weighted by Crippen LogP contribution is 2.20. The van der Waals surface area contributed by atoms with E-state index in [0.717, 1.165) is 23.3 Å². The molecule has 6 heteroatoms. The standard InChI is InChI=1S/C16H20N4O2/c1-4-11(2)16-18-14(19-22-16)9-20-13-8-6-5-7-12(13)17-15(20)10-21-3/h5-8,11H,4,9-10H2,1-3H3. The number of hydrogen-bond donors (Lipinski definition) is 0. The van der Waals surface area contributed by atoms with E-state index >= 15 is 0 Å². The van der Waals surface area contributed by atoms with Crippen molar-refractivity contribution in [3.8, 4) is 0 Å². The largest absolute Gasteiger partial charge is 0.377 e. The Balaban J connectivity index is 1.95. The molecule has 0 spiro atoms. The normalized spacial score (nSPS) is 12.9. The first kappa shape index (κ1) is 14.7. The average Bonchev–Trinajstić information content (AvgIpc) is 3.13. The molecule has 0 aliphatic heterocycles. The van der Waals surface area contributed by atoms with E-state index in [1.165, 1.54) is 0 Å². The van der Waals surface area contributed by atoms with Crippen LogP contribution >= 0.6 is 0 Å². The Hall–Kier alpha value is -2.21. The maximum absolute atomic E-state index is 5.35. The first-order chi connectivity index (χ1) is 10.7. The van der Waals surface area contributed by atoms with Gasteiger partial charge in [0.05, 0.1) is 17.6 Å². The molecule has 2 aromatic heterocycles. The number of rotatable bonds is 6. The highest BCUT2D eigenvalue weighted by Gasteiger charge is 2.16. The summed E-state index contributed by atoms with van der Waals surface area (Å²) < 4.78 is 12.7. The topological polar surface area (TPSA) is 66.0 Å². The van der Waals surface area contributed by atoms with Gasteiger partial charge in [0.25, 0.3) is 0 Å². The molecule has 2 heterocycles. The second-order valence-corrected chi connectivity index (χ2v) is 5.39. The predicted molar refractivity (Wildman–Crippen MR) is 82.6 cm³/mol. The van der Waals surface area contributed by atoms with Gasteiger partial charge in [-0.1, -0.05) is 31.1 Å². The Labute approximate surface area is 129 Å². The van der Waals surface area contributed by atoms with E-state index in [1.807, 2.05) is 24.3 Å². The minimum absolute atomic E-state index is 0.277. The number of ether oxygens (including phenoxy) is 1. The molecule has 6 nitrogen and oxygen atoms in total. The zero-order valence-electron chi connectivity index (χ0n) is 13.1. The highest BCUT2D eigenvalue weighted by atomic mass is 16.5. The first-order valence-electron chi connectivity index (χ1n) is 7.48. The van der Waals surface area contributed by atoms with Crippen LogP contribution in [-0.2, 0) is 17.9 Å². The quantitative estimate of drug-likeness (QED) is 0.699. The van der Waals surface area contributed by atoms with Crippen LogP contribution < -0.4 is 0 Å². The summed E-state index contributed by atoms with van der Waals surface area (Å²) in [6.45, 7) is 5.17. The van der Waals surface area contributed by atoms with Crippen LogP contribution in [0.5, 0.6) is 0 Å². The summed E-state index contributed by atoms with van der Waals surface area (Å²) in [7, 11) is 1.67. The van der Waals surface area contributed by atoms with E-state index in [-0.39, 0.29) is 5.92 Å². The Kier molecular flexibility index (Phi) is 4.20. The molecule has 0 aliphatic rings. The summed E-state index contributed by atoms with van der Waals surface area (Å²) in [4.78, 5) is 9.11. The molecule has 116 valence electrons. The molecule has 1 atom stereocenters. The van der Waals surface area contributed by atoms with Gasteiger partial charge in [-0.15, -0.1) is 0 Å². The van der Waals surface area contributed by atoms with Crippen molar-refractivity contribution in [2.75, 3.05) is 7.11 Å². The number of aromatic nitrogens is 4. The number of nitrogens with zero attached hydrogens (tertiary/aromatic N) is 4. The number of methoxy groups -OCH3 is 1. The number of benzene rings is 1. The van der Waals surface area contributed by atoms with Crippen LogP contribution in [0.15, 0.2) is 28.8 Å². The van der Waals surface area contributed by atoms with E-state index in [1.54, 1.807) is 7.11 Å². The van der Waals surface area contributed by atoms with Crippen molar-refractivity contribution in [3.05, 3.63) is 41.8 Å². The maximum Gasteiger partial charge on any atom is 0.229 e. The van der Waals surface area contributed by atoms with Gasteiger partial charge >= 0.3 is 0 Å². The molecule has 0 aliphatic carbocycles. The second kappa shape index (κ2) is 6.27. The van der Waals surface area contributed by atoms with E-state index in [2.05, 4.69) is 33.5 Å². The van der Waals surface area contributed by atoms with Gasteiger partial charge in [-0.2, -0.15) is 4.98 Å². The molecule has 0 saturated carbocycles. The molecular weight excluding hydrogens is 280 g/mol. The zero-order valence-corrected chi connectivity index (χ0v) is 13.1. The SMILES string of the molecule is CCC(C)c1nc(Cn2c(COC)nc3ccccc32)no1. The van der Waals surface area contributed by atoms with Crippen molar-refractivity contribution in [2.45, 2.75) is 39.3 Å². The van der Waals surface area contributed by atoms with Gasteiger partial charge in [0.1, 0.15) is 12.4 Å². The third-order valence-electron chi connectivity index (χ3n) is 3.82. The molecule has 22 heavy (non-hydrogen) atoms. The number of hydrogen-bond acceptors (Lipinski definition) is 5. The molecule has 1 aromatic carbocycles. The van der Waals surface area contributed by atoms with Crippen LogP contribution in [0.3, 0.4) is 0 Å². The molecule has 0 bridgehead atoms. The number of imidazole rings is 1. The number of para-hydroxylation sites is 2. The lowest BCUT2D eigenvalue weighted by Gasteiger charge is -2.05. The highest BCUT2D eigenvalue weighted by molar-refractivity contribution is 5.75. The monoisotopic (exact) mass is 300 g/mol. The van der Waals surface area contributed by atoms with Crippen LogP contribution in [0, 0.1) is 0 Å². The molecule has 3 rings (SSSR count). The Morgan fingerprint density at radius 3 is 2.86 bits per heavy atom. The molecule has 3 aromatic rings. The van der Waals surface area contributed by atoms with Crippen LogP contribution in [0.1, 0.15) is 43.7 Å². The fraction of sp³-hybridized carbons (Fsp3) is 0.438. The smallest absolute Gasteiger partial charge is 0.229 e. The molecule has 1 unspecified atom stereocenters. The lowest BCUT2D eigenvalue weighted by atomic mass is 10.1. The van der Waals surface area contributed by atoms with E-state index in [0.29, 0.717) is 24.9 Å². The summed E-state index contributed by atoms with van der Waals surface area (Å²) in [5.74, 6) is 2.49. The van der Waals surface area contributed by atoms with Crippen molar-refractivity contribution in [1.82, 2.24) is 19.7 Å². The summed E-state index contributed by atoms with van der Waals surface area (Å²) in [5, 5.41) is 4.09. The average molecular weight is 300 g/mol. The lowest BCUT2D eigenvalue weighted by Crippen LogP contribution is -2.07. The van der Waals surface area contributed by atoms with Gasteiger partial charge in [-0.3, -0.25) is 0 Å². The van der Waals surface area contributed by atoms with Gasteiger partial charge in [-0.25, -0.2) is 4.98 Å². The van der Waals surface area contributed by atoms with Crippen molar-refractivity contribution < 1.29 is 9.26 Å². The van der Waals surface area contributed by atoms with Gasteiger partial charge < -0.3 is 13.8 Å². The van der Waals surface area contributed by atoms with Gasteiger partial charge in [0, 0.05) is 13.0 Å². The Morgan fingerprint density at radius 2 is 2.09 bits per heavy atom. The Morgan fingerprint density at radius 1 is 1.27 bits per heavy atom. The summed E-state index contributed by atoms with van der Waals surface area (Å²) in [5.41, 5.74) is 1.99. The van der Waals surface area contributed by atoms with Gasteiger partial charge in [-0.05, 0) is 18.6 Å². The van der Waals surface area contributed by atoms with Crippen molar-refractivity contribution in [1.29, 1.82) is 0 Å². The van der Waals surface area contributed by atoms with Gasteiger partial charge in [0.2, 0.25) is 5.89 Å². The third-order valence-corrected chi connectivity index (χ3v) is 3.82. The van der Waals surface area contributed by atoms with Crippen molar-refractivity contribution in [2.24, 2.45) is 0 Å². The molecule has 0 fully saturated rings. The van der Waals surface area contributed by atoms with E-state index in [4.69, 9.17) is 9.26 Å². The molecule has 0 radical (unpaired) electrons. The number of fused-ring (bicyclic) bond motifs is 1. The minimum atomic E-state index is 0.277. The third kappa shape index (κ3) is 2.74. The summed E-state index contributed by atoms with van der Waals surface area (Å²) in [6, 6.07) is 8.01. The van der Waals surface area contributed by atoms with Crippen LogP contribution in [-0.4, -0.2) is 26.8 Å². The van der Waals surface area contributed by atoms with Crippen LogP contribution in [0.4, 0.5) is 0 Å². The fourth-order valence-corrected chi connectivity index (χ4v) is 2.39. The molecule has 0 amide bonds. The van der Waals surface area contributed by atoms with Crippen molar-refractivity contribution >= 4 is 11.0 Å². The maximum atomic E-state index is 5.35. The fourth-order valence-electron chi connectivity index (χ4n) is 2.39. The first-order valence-corrected chi connectivity index (χ1v) is 7.48.